The molecule has 1 aromatic rings. The van der Waals surface area contributed by atoms with Crippen molar-refractivity contribution in [1.29, 1.82) is 0 Å². The third kappa shape index (κ3) is 4.17. The molecule has 0 radical (unpaired) electrons. The third-order valence-electron chi connectivity index (χ3n) is 1.97. The van der Waals surface area contributed by atoms with E-state index < -0.39 is 10.2 Å². The zero-order chi connectivity index (χ0) is 11.5. The minimum Gasteiger partial charge on any atom is -0.216 e. The van der Waals surface area contributed by atoms with Gasteiger partial charge in [0.2, 0.25) is 0 Å². The van der Waals surface area contributed by atoms with Gasteiger partial charge in [0.1, 0.15) is 0 Å². The lowest BCUT2D eigenvalue weighted by Crippen LogP contribution is -2.34. The zero-order valence-electron chi connectivity index (χ0n) is 8.27. The Balaban J connectivity index is 2.93. The Morgan fingerprint density at radius 3 is 2.67 bits per heavy atom. The summed E-state index contributed by atoms with van der Waals surface area (Å²) in [6.45, 7) is 1.86. The molecule has 0 aliphatic rings. The maximum Gasteiger partial charge on any atom is 0.274 e. The molecular weight excluding hydrogens is 236 g/mol. The third-order valence-corrected chi connectivity index (χ3v) is 2.81. The van der Waals surface area contributed by atoms with Crippen LogP contribution in [-0.2, 0) is 10.2 Å². The molecule has 0 fully saturated rings. The quantitative estimate of drug-likeness (QED) is 0.849. The first-order valence-electron chi connectivity index (χ1n) is 4.48. The highest BCUT2D eigenvalue weighted by molar-refractivity contribution is 7.87. The summed E-state index contributed by atoms with van der Waals surface area (Å²) in [7, 11) is -3.69. The second-order valence-electron chi connectivity index (χ2n) is 3.18. The van der Waals surface area contributed by atoms with Crippen LogP contribution in [0, 0.1) is 0 Å². The predicted molar refractivity (Wildman–Crippen MR) is 60.7 cm³/mol. The van der Waals surface area contributed by atoms with Crippen molar-refractivity contribution >= 4 is 21.8 Å². The van der Waals surface area contributed by atoms with Gasteiger partial charge in [-0.25, -0.2) is 5.14 Å². The SMILES string of the molecule is CCC(NS(N)(=O)=O)c1cccc(Cl)c1. The van der Waals surface area contributed by atoms with E-state index in [0.29, 0.717) is 11.4 Å². The number of rotatable bonds is 4. The van der Waals surface area contributed by atoms with Gasteiger partial charge in [-0.3, -0.25) is 0 Å². The number of hydrogen-bond acceptors (Lipinski definition) is 2. The number of halogens is 1. The molecule has 84 valence electrons. The van der Waals surface area contributed by atoms with Gasteiger partial charge >= 0.3 is 0 Å². The molecule has 6 heteroatoms. The molecule has 1 aromatic carbocycles. The Kier molecular flexibility index (Phi) is 4.10. The van der Waals surface area contributed by atoms with Crippen molar-refractivity contribution in [3.05, 3.63) is 34.9 Å². The number of nitrogens with two attached hydrogens (primary N) is 1. The van der Waals surface area contributed by atoms with Crippen molar-refractivity contribution in [3.63, 3.8) is 0 Å². The predicted octanol–water partition coefficient (Wildman–Crippen LogP) is 1.58. The molecule has 0 aliphatic carbocycles. The van der Waals surface area contributed by atoms with Gasteiger partial charge in [-0.2, -0.15) is 13.1 Å². The van der Waals surface area contributed by atoms with Crippen LogP contribution in [0.25, 0.3) is 0 Å². The average molecular weight is 249 g/mol. The molecule has 0 saturated heterocycles. The average Bonchev–Trinajstić information content (AvgIpc) is 2.13. The first-order chi connectivity index (χ1) is 6.92. The van der Waals surface area contributed by atoms with Gasteiger partial charge in [-0.1, -0.05) is 30.7 Å². The summed E-state index contributed by atoms with van der Waals surface area (Å²) >= 11 is 5.81. The van der Waals surface area contributed by atoms with Crippen LogP contribution in [0.3, 0.4) is 0 Å². The second-order valence-corrected chi connectivity index (χ2v) is 4.94. The molecule has 15 heavy (non-hydrogen) atoms. The van der Waals surface area contributed by atoms with Crippen LogP contribution in [0.4, 0.5) is 0 Å². The molecule has 0 heterocycles. The summed E-state index contributed by atoms with van der Waals surface area (Å²) in [4.78, 5) is 0. The van der Waals surface area contributed by atoms with Gasteiger partial charge in [0.15, 0.2) is 0 Å². The molecule has 1 rings (SSSR count). The van der Waals surface area contributed by atoms with Gasteiger partial charge in [0.25, 0.3) is 10.2 Å². The summed E-state index contributed by atoms with van der Waals surface area (Å²) < 4.78 is 24.1. The molecule has 0 bridgehead atoms. The molecule has 3 N–H and O–H groups in total. The van der Waals surface area contributed by atoms with E-state index in [-0.39, 0.29) is 6.04 Å². The Labute approximate surface area is 94.6 Å². The van der Waals surface area contributed by atoms with Crippen LogP contribution in [0.5, 0.6) is 0 Å². The van der Waals surface area contributed by atoms with E-state index in [1.54, 1.807) is 24.3 Å². The first kappa shape index (κ1) is 12.4. The van der Waals surface area contributed by atoms with Crippen LogP contribution in [-0.4, -0.2) is 8.42 Å². The fourth-order valence-electron chi connectivity index (χ4n) is 1.31. The topological polar surface area (TPSA) is 72.2 Å². The fraction of sp³-hybridized carbons (Fsp3) is 0.333. The number of hydrogen-bond donors (Lipinski definition) is 2. The van der Waals surface area contributed by atoms with Crippen molar-refractivity contribution < 1.29 is 8.42 Å². The molecule has 1 unspecified atom stereocenters. The summed E-state index contributed by atoms with van der Waals surface area (Å²) in [6.07, 6.45) is 0.608. The maximum atomic E-state index is 10.9. The van der Waals surface area contributed by atoms with E-state index in [4.69, 9.17) is 16.7 Å². The normalized spacial score (nSPS) is 13.8. The van der Waals surface area contributed by atoms with Crippen LogP contribution >= 0.6 is 11.6 Å². The van der Waals surface area contributed by atoms with E-state index in [1.807, 2.05) is 6.92 Å². The zero-order valence-corrected chi connectivity index (χ0v) is 9.85. The highest BCUT2D eigenvalue weighted by atomic mass is 35.5. The summed E-state index contributed by atoms with van der Waals surface area (Å²) in [6, 6.07) is 6.69. The van der Waals surface area contributed by atoms with Crippen molar-refractivity contribution in [3.8, 4) is 0 Å². The van der Waals surface area contributed by atoms with Crippen LogP contribution in [0.15, 0.2) is 24.3 Å². The molecule has 0 aromatic heterocycles. The maximum absolute atomic E-state index is 10.9. The van der Waals surface area contributed by atoms with Crippen molar-refractivity contribution in [2.24, 2.45) is 5.14 Å². The minimum atomic E-state index is -3.69. The van der Waals surface area contributed by atoms with Crippen molar-refractivity contribution in [1.82, 2.24) is 4.72 Å². The van der Waals surface area contributed by atoms with E-state index in [9.17, 15) is 8.42 Å². The highest BCUT2D eigenvalue weighted by Gasteiger charge is 2.14. The molecule has 0 saturated carbocycles. The van der Waals surface area contributed by atoms with Crippen LogP contribution in [0.2, 0.25) is 5.02 Å². The first-order valence-corrected chi connectivity index (χ1v) is 6.40. The Hall–Kier alpha value is -0.620. The second kappa shape index (κ2) is 4.94. The molecule has 0 amide bonds. The molecule has 4 nitrogen and oxygen atoms in total. The van der Waals surface area contributed by atoms with E-state index in [1.165, 1.54) is 0 Å². The summed E-state index contributed by atoms with van der Waals surface area (Å²) in [5.41, 5.74) is 0.805. The largest absolute Gasteiger partial charge is 0.274 e. The van der Waals surface area contributed by atoms with Gasteiger partial charge < -0.3 is 0 Å². The monoisotopic (exact) mass is 248 g/mol. The molecule has 0 spiro atoms. The van der Waals surface area contributed by atoms with E-state index >= 15 is 0 Å². The van der Waals surface area contributed by atoms with Gasteiger partial charge in [0.05, 0.1) is 0 Å². The van der Waals surface area contributed by atoms with Gasteiger partial charge in [-0.15, -0.1) is 0 Å². The summed E-state index contributed by atoms with van der Waals surface area (Å²) in [5.74, 6) is 0. The van der Waals surface area contributed by atoms with Gasteiger partial charge in [-0.05, 0) is 24.1 Å². The molecule has 0 aliphatic heterocycles. The van der Waals surface area contributed by atoms with E-state index in [2.05, 4.69) is 4.72 Å². The van der Waals surface area contributed by atoms with Crippen LogP contribution < -0.4 is 9.86 Å². The molecular formula is C9H13ClN2O2S. The van der Waals surface area contributed by atoms with Crippen molar-refractivity contribution in [2.75, 3.05) is 0 Å². The fourth-order valence-corrected chi connectivity index (χ4v) is 2.21. The minimum absolute atomic E-state index is 0.335. The lowest BCUT2D eigenvalue weighted by Gasteiger charge is -2.15. The van der Waals surface area contributed by atoms with Crippen molar-refractivity contribution in [2.45, 2.75) is 19.4 Å². The molecule has 1 atom stereocenters. The smallest absolute Gasteiger partial charge is 0.216 e. The number of benzene rings is 1. The number of nitrogens with one attached hydrogen (secondary N) is 1. The Bertz CT molecular complexity index is 433. The van der Waals surface area contributed by atoms with Gasteiger partial charge in [0, 0.05) is 11.1 Å². The highest BCUT2D eigenvalue weighted by Crippen LogP contribution is 2.20. The summed E-state index contributed by atoms with van der Waals surface area (Å²) in [5, 5.41) is 5.49. The standard InChI is InChI=1S/C9H13ClN2O2S/c1-2-9(12-15(11,13)14)7-4-3-5-8(10)6-7/h3-6,9,12H,2H2,1H3,(H2,11,13,14). The van der Waals surface area contributed by atoms with E-state index in [0.717, 1.165) is 5.56 Å². The Morgan fingerprint density at radius 1 is 1.53 bits per heavy atom. The lowest BCUT2D eigenvalue weighted by atomic mass is 10.1. The Morgan fingerprint density at radius 2 is 2.20 bits per heavy atom. The van der Waals surface area contributed by atoms with Crippen LogP contribution in [0.1, 0.15) is 24.9 Å². The lowest BCUT2D eigenvalue weighted by molar-refractivity contribution is 0.551.